The van der Waals surface area contributed by atoms with Gasteiger partial charge in [0.25, 0.3) is 0 Å². The van der Waals surface area contributed by atoms with Crippen LogP contribution in [0.3, 0.4) is 0 Å². The number of para-hydroxylation sites is 1. The van der Waals surface area contributed by atoms with Crippen LogP contribution in [0.4, 0.5) is 17.1 Å². The third-order valence-corrected chi connectivity index (χ3v) is 13.1. The van der Waals surface area contributed by atoms with Gasteiger partial charge in [-0.25, -0.2) is 0 Å². The Labute approximate surface area is 376 Å². The van der Waals surface area contributed by atoms with E-state index >= 15 is 0 Å². The zero-order valence-electron chi connectivity index (χ0n) is 36.8. The fourth-order valence-electron chi connectivity index (χ4n) is 9.82. The van der Waals surface area contributed by atoms with Crippen LogP contribution < -0.4 is 4.90 Å². The van der Waals surface area contributed by atoms with Crippen molar-refractivity contribution >= 4 is 60.4 Å². The fraction of sp³-hybridized carbons (Fsp3) is 0.0968. The maximum Gasteiger partial charge on any atom is 0.0541 e. The standard InChI is InChI=1S/C62H50N2/c1-41(2)46-27-36-59-56(38-46)57-39-47(42(3)4)28-37-60(57)64(59)52-33-31-51(32-34-52)63(49-20-12-7-13-21-49)50-29-24-43(25-30-50)48-26-35-55-58(40-48)62(45-18-10-6-11-19-45)54-23-15-14-22-53(54)61(55)44-16-8-5-9-17-44/h5-42H,1-4H3. The molecular weight excluding hydrogens is 773 g/mol. The van der Waals surface area contributed by atoms with E-state index < -0.39 is 0 Å². The molecule has 0 aliphatic rings. The van der Waals surface area contributed by atoms with Gasteiger partial charge < -0.3 is 9.47 Å². The summed E-state index contributed by atoms with van der Waals surface area (Å²) < 4.78 is 2.43. The zero-order valence-corrected chi connectivity index (χ0v) is 36.8. The molecule has 1 heterocycles. The van der Waals surface area contributed by atoms with Gasteiger partial charge in [-0.1, -0.05) is 167 Å². The molecule has 0 bridgehead atoms. The highest BCUT2D eigenvalue weighted by molar-refractivity contribution is 6.22. The van der Waals surface area contributed by atoms with Crippen molar-refractivity contribution in [3.05, 3.63) is 230 Å². The number of nitrogens with zero attached hydrogens (tertiary/aromatic N) is 2. The number of fused-ring (bicyclic) bond motifs is 5. The van der Waals surface area contributed by atoms with E-state index in [0.717, 1.165) is 22.7 Å². The van der Waals surface area contributed by atoms with Gasteiger partial charge in [-0.3, -0.25) is 0 Å². The predicted octanol–water partition coefficient (Wildman–Crippen LogP) is 17.8. The van der Waals surface area contributed by atoms with Gasteiger partial charge in [0.2, 0.25) is 0 Å². The molecule has 0 aliphatic carbocycles. The normalized spacial score (nSPS) is 11.7. The summed E-state index contributed by atoms with van der Waals surface area (Å²) in [5.41, 5.74) is 17.0. The van der Waals surface area contributed by atoms with E-state index in [2.05, 4.69) is 256 Å². The summed E-state index contributed by atoms with van der Waals surface area (Å²) in [6, 6.07) is 80.5. The van der Waals surface area contributed by atoms with E-state index in [1.807, 2.05) is 0 Å². The summed E-state index contributed by atoms with van der Waals surface area (Å²) in [7, 11) is 0. The maximum absolute atomic E-state index is 2.43. The Morgan fingerprint density at radius 3 is 1.25 bits per heavy atom. The van der Waals surface area contributed by atoms with Crippen molar-refractivity contribution in [1.82, 2.24) is 4.57 Å². The largest absolute Gasteiger partial charge is 0.311 e. The van der Waals surface area contributed by atoms with Crippen molar-refractivity contribution in [3.63, 3.8) is 0 Å². The number of hydrogen-bond acceptors (Lipinski definition) is 1. The molecule has 1 aromatic heterocycles. The first-order valence-corrected chi connectivity index (χ1v) is 22.6. The van der Waals surface area contributed by atoms with Crippen LogP contribution in [0.15, 0.2) is 218 Å². The number of rotatable bonds is 9. The van der Waals surface area contributed by atoms with Gasteiger partial charge in [0, 0.05) is 33.5 Å². The van der Waals surface area contributed by atoms with E-state index in [9.17, 15) is 0 Å². The van der Waals surface area contributed by atoms with Gasteiger partial charge in [-0.15, -0.1) is 0 Å². The number of aromatic nitrogens is 1. The van der Waals surface area contributed by atoms with E-state index in [4.69, 9.17) is 0 Å². The molecule has 10 aromatic carbocycles. The first-order chi connectivity index (χ1) is 31.4. The van der Waals surface area contributed by atoms with Crippen LogP contribution in [0.5, 0.6) is 0 Å². The van der Waals surface area contributed by atoms with E-state index in [1.54, 1.807) is 0 Å². The molecule has 2 nitrogen and oxygen atoms in total. The third-order valence-electron chi connectivity index (χ3n) is 13.1. The molecule has 11 aromatic rings. The molecule has 11 rings (SSSR count). The number of hydrogen-bond donors (Lipinski definition) is 0. The molecule has 0 spiro atoms. The van der Waals surface area contributed by atoms with Crippen LogP contribution in [0.1, 0.15) is 50.7 Å². The number of benzene rings is 10. The fourth-order valence-corrected chi connectivity index (χ4v) is 9.82. The topological polar surface area (TPSA) is 8.17 Å². The van der Waals surface area contributed by atoms with Crippen LogP contribution in [0.25, 0.3) is 82.4 Å². The summed E-state index contributed by atoms with van der Waals surface area (Å²) in [6.07, 6.45) is 0. The molecule has 308 valence electrons. The van der Waals surface area contributed by atoms with Gasteiger partial charge >= 0.3 is 0 Å². The summed E-state index contributed by atoms with van der Waals surface area (Å²) >= 11 is 0. The molecule has 2 heteroatoms. The Bertz CT molecular complexity index is 3390. The summed E-state index contributed by atoms with van der Waals surface area (Å²) in [6.45, 7) is 9.11. The van der Waals surface area contributed by atoms with Gasteiger partial charge in [0.15, 0.2) is 0 Å². The Morgan fingerprint density at radius 2 is 0.734 bits per heavy atom. The van der Waals surface area contributed by atoms with Crippen LogP contribution >= 0.6 is 0 Å². The highest BCUT2D eigenvalue weighted by Gasteiger charge is 2.20. The van der Waals surface area contributed by atoms with Gasteiger partial charge in [-0.2, -0.15) is 0 Å². The van der Waals surface area contributed by atoms with Crippen LogP contribution in [0, 0.1) is 0 Å². The smallest absolute Gasteiger partial charge is 0.0541 e. The highest BCUT2D eigenvalue weighted by atomic mass is 15.1. The molecule has 0 N–H and O–H groups in total. The lowest BCUT2D eigenvalue weighted by molar-refractivity contribution is 0.868. The minimum Gasteiger partial charge on any atom is -0.311 e. The van der Waals surface area contributed by atoms with Crippen LogP contribution in [-0.4, -0.2) is 4.57 Å². The van der Waals surface area contributed by atoms with Crippen LogP contribution in [-0.2, 0) is 0 Å². The molecule has 0 unspecified atom stereocenters. The minimum absolute atomic E-state index is 0.461. The Kier molecular flexibility index (Phi) is 9.93. The molecule has 0 atom stereocenters. The molecule has 0 aliphatic heterocycles. The van der Waals surface area contributed by atoms with Crippen LogP contribution in [0.2, 0.25) is 0 Å². The monoisotopic (exact) mass is 822 g/mol. The van der Waals surface area contributed by atoms with Gasteiger partial charge in [0.1, 0.15) is 0 Å². The van der Waals surface area contributed by atoms with Crippen molar-refractivity contribution in [1.29, 1.82) is 0 Å². The maximum atomic E-state index is 2.43. The lowest BCUT2D eigenvalue weighted by Crippen LogP contribution is -2.10. The molecular formula is C62H50N2. The number of anilines is 3. The van der Waals surface area contributed by atoms with E-state index in [0.29, 0.717) is 11.8 Å². The van der Waals surface area contributed by atoms with Crippen molar-refractivity contribution in [2.75, 3.05) is 4.90 Å². The molecule has 0 fully saturated rings. The zero-order chi connectivity index (χ0) is 43.3. The van der Waals surface area contributed by atoms with E-state index in [-0.39, 0.29) is 0 Å². The van der Waals surface area contributed by atoms with Crippen molar-refractivity contribution in [2.24, 2.45) is 0 Å². The second-order valence-corrected chi connectivity index (χ2v) is 17.7. The lowest BCUT2D eigenvalue weighted by atomic mass is 9.85. The summed E-state index contributed by atoms with van der Waals surface area (Å²) in [4.78, 5) is 2.36. The highest BCUT2D eigenvalue weighted by Crippen LogP contribution is 2.45. The molecule has 0 radical (unpaired) electrons. The second-order valence-electron chi connectivity index (χ2n) is 17.7. The Morgan fingerprint density at radius 1 is 0.312 bits per heavy atom. The quantitative estimate of drug-likeness (QED) is 0.132. The summed E-state index contributed by atoms with van der Waals surface area (Å²) in [5.74, 6) is 0.921. The van der Waals surface area contributed by atoms with Gasteiger partial charge in [0.05, 0.1) is 11.0 Å². The lowest BCUT2D eigenvalue weighted by Gasteiger charge is -2.26. The summed E-state index contributed by atoms with van der Waals surface area (Å²) in [5, 5.41) is 7.65. The second kappa shape index (κ2) is 16.2. The van der Waals surface area contributed by atoms with Crippen molar-refractivity contribution in [2.45, 2.75) is 39.5 Å². The first-order valence-electron chi connectivity index (χ1n) is 22.6. The molecule has 64 heavy (non-hydrogen) atoms. The molecule has 0 saturated carbocycles. The minimum atomic E-state index is 0.461. The first kappa shape index (κ1) is 39.2. The average molecular weight is 823 g/mol. The molecule has 0 saturated heterocycles. The van der Waals surface area contributed by atoms with E-state index in [1.165, 1.54) is 87.9 Å². The Hall–Kier alpha value is -7.68. The predicted molar refractivity (Wildman–Crippen MR) is 275 cm³/mol. The van der Waals surface area contributed by atoms with Crippen molar-refractivity contribution in [3.8, 4) is 39.1 Å². The molecule has 0 amide bonds. The SMILES string of the molecule is CC(C)c1ccc2c(c1)c1cc(C(C)C)ccc1n2-c1ccc(N(c2ccccc2)c2ccc(-c3ccc4c(-c5ccccc5)c5ccccc5c(-c5ccccc5)c4c3)cc2)cc1. The van der Waals surface area contributed by atoms with Crippen molar-refractivity contribution < 1.29 is 0 Å². The van der Waals surface area contributed by atoms with Gasteiger partial charge in [-0.05, 0) is 157 Å². The average Bonchev–Trinajstić information content (AvgIpc) is 3.67. The third kappa shape index (κ3) is 6.83. The Balaban J connectivity index is 1.01.